The summed E-state index contributed by atoms with van der Waals surface area (Å²) in [6.07, 6.45) is 1.84. The summed E-state index contributed by atoms with van der Waals surface area (Å²) in [6, 6.07) is 16.5. The molecule has 0 saturated carbocycles. The van der Waals surface area contributed by atoms with Gasteiger partial charge < -0.3 is 20.1 Å². The van der Waals surface area contributed by atoms with Crippen molar-refractivity contribution in [1.29, 1.82) is 0 Å². The van der Waals surface area contributed by atoms with E-state index >= 15 is 0 Å². The minimum atomic E-state index is -0.734. The van der Waals surface area contributed by atoms with Gasteiger partial charge in [0, 0.05) is 30.1 Å². The third-order valence-corrected chi connectivity index (χ3v) is 5.41. The van der Waals surface area contributed by atoms with Crippen molar-refractivity contribution < 1.29 is 19.1 Å². The summed E-state index contributed by atoms with van der Waals surface area (Å²) < 4.78 is 12.1. The number of nitrogens with one attached hydrogen (secondary N) is 2. The molecule has 0 saturated heterocycles. The zero-order valence-electron chi connectivity index (χ0n) is 18.8. The third-order valence-electron chi connectivity index (χ3n) is 5.41. The first kappa shape index (κ1) is 22.3. The van der Waals surface area contributed by atoms with Gasteiger partial charge in [0.05, 0.1) is 29.6 Å². The summed E-state index contributed by atoms with van der Waals surface area (Å²) in [5.41, 5.74) is 4.98. The summed E-state index contributed by atoms with van der Waals surface area (Å²) in [5, 5.41) is 10.4. The molecule has 0 bridgehead atoms. The van der Waals surface area contributed by atoms with Gasteiger partial charge in [-0.25, -0.2) is 14.3 Å². The largest absolute Gasteiger partial charge is 0.460 e. The van der Waals surface area contributed by atoms with Gasteiger partial charge in [0.25, 0.3) is 0 Å². The van der Waals surface area contributed by atoms with Crippen molar-refractivity contribution in [2.24, 2.45) is 0 Å². The van der Waals surface area contributed by atoms with E-state index < -0.39 is 18.0 Å². The van der Waals surface area contributed by atoms with Crippen LogP contribution in [0.5, 0.6) is 0 Å². The van der Waals surface area contributed by atoms with Crippen LogP contribution in [0.15, 0.2) is 72.1 Å². The number of para-hydroxylation sites is 1. The molecule has 2 aromatic carbocycles. The number of ether oxygens (including phenoxy) is 2. The normalized spacial score (nSPS) is 15.7. The first-order valence-corrected chi connectivity index (χ1v) is 10.6. The Morgan fingerprint density at radius 3 is 2.48 bits per heavy atom. The molecule has 33 heavy (non-hydrogen) atoms. The zero-order chi connectivity index (χ0) is 23.4. The molecule has 8 heteroatoms. The molecule has 4 rings (SSSR count). The van der Waals surface area contributed by atoms with E-state index in [1.807, 2.05) is 67.7 Å². The number of aryl methyl sites for hydroxylation is 1. The van der Waals surface area contributed by atoms with Crippen LogP contribution < -0.4 is 10.6 Å². The van der Waals surface area contributed by atoms with E-state index in [-0.39, 0.29) is 13.2 Å². The van der Waals surface area contributed by atoms with Crippen molar-refractivity contribution >= 4 is 12.0 Å². The van der Waals surface area contributed by atoms with E-state index in [0.29, 0.717) is 22.5 Å². The lowest BCUT2D eigenvalue weighted by Crippen LogP contribution is -2.45. The topological polar surface area (TPSA) is 94.5 Å². The van der Waals surface area contributed by atoms with Gasteiger partial charge in [0.2, 0.25) is 0 Å². The number of esters is 1. The molecule has 2 heterocycles. The molecule has 2 N–H and O–H groups in total. The van der Waals surface area contributed by atoms with Crippen LogP contribution in [0, 0.1) is 6.92 Å². The summed E-state index contributed by atoms with van der Waals surface area (Å²) in [5.74, 6) is -0.524. The number of allylic oxidation sites excluding steroid dienone is 1. The summed E-state index contributed by atoms with van der Waals surface area (Å²) >= 11 is 0. The average Bonchev–Trinajstić information content (AvgIpc) is 3.25. The lowest BCUT2D eigenvalue weighted by atomic mass is 9.93. The Morgan fingerprint density at radius 2 is 1.79 bits per heavy atom. The van der Waals surface area contributed by atoms with Crippen molar-refractivity contribution in [2.75, 3.05) is 20.3 Å². The molecule has 1 atom stereocenters. The fourth-order valence-electron chi connectivity index (χ4n) is 3.74. The van der Waals surface area contributed by atoms with E-state index in [2.05, 4.69) is 10.6 Å². The number of benzene rings is 2. The van der Waals surface area contributed by atoms with Crippen LogP contribution in [0.4, 0.5) is 4.79 Å². The number of hydrogen-bond acceptors (Lipinski definition) is 5. The van der Waals surface area contributed by atoms with Gasteiger partial charge in [-0.05, 0) is 26.0 Å². The van der Waals surface area contributed by atoms with Gasteiger partial charge >= 0.3 is 12.0 Å². The number of urea groups is 1. The third kappa shape index (κ3) is 4.80. The Hall–Kier alpha value is -3.91. The monoisotopic (exact) mass is 446 g/mol. The standard InChI is InChI=1S/C25H26N4O4/c1-16-9-11-18(12-10-16)22-20(15-29(28-22)19-7-5-4-6-8-19)23-21(17(2)26-25(31)27-23)24(30)33-14-13-32-3/h4-12,15,23H,13-14H2,1-3H3,(H2,26,27,31)/t23-/m1/s1. The second-order valence-electron chi connectivity index (χ2n) is 7.78. The van der Waals surface area contributed by atoms with Crippen LogP contribution in [0.1, 0.15) is 24.1 Å². The van der Waals surface area contributed by atoms with Crippen LogP contribution in [-0.2, 0) is 14.3 Å². The Balaban J connectivity index is 1.83. The molecule has 1 aliphatic rings. The highest BCUT2D eigenvalue weighted by molar-refractivity contribution is 5.95. The predicted molar refractivity (Wildman–Crippen MR) is 124 cm³/mol. The molecule has 0 radical (unpaired) electrons. The van der Waals surface area contributed by atoms with Crippen molar-refractivity contribution in [3.05, 3.63) is 83.2 Å². The van der Waals surface area contributed by atoms with Gasteiger partial charge in [-0.3, -0.25) is 0 Å². The quantitative estimate of drug-likeness (QED) is 0.427. The molecule has 8 nitrogen and oxygen atoms in total. The minimum absolute atomic E-state index is 0.112. The number of methoxy groups -OCH3 is 1. The van der Waals surface area contributed by atoms with Gasteiger partial charge in [-0.2, -0.15) is 5.10 Å². The van der Waals surface area contributed by atoms with E-state index in [0.717, 1.165) is 16.8 Å². The number of hydrogen-bond donors (Lipinski definition) is 2. The Labute approximate surface area is 192 Å². The second-order valence-corrected chi connectivity index (χ2v) is 7.78. The van der Waals surface area contributed by atoms with E-state index in [1.54, 1.807) is 11.6 Å². The van der Waals surface area contributed by atoms with Gasteiger partial charge in [0.1, 0.15) is 6.61 Å². The van der Waals surface area contributed by atoms with E-state index in [9.17, 15) is 9.59 Å². The molecular formula is C25H26N4O4. The van der Waals surface area contributed by atoms with Gasteiger partial charge in [-0.15, -0.1) is 0 Å². The number of rotatable bonds is 7. The highest BCUT2D eigenvalue weighted by atomic mass is 16.6. The molecule has 0 aliphatic carbocycles. The minimum Gasteiger partial charge on any atom is -0.460 e. The van der Waals surface area contributed by atoms with Crippen LogP contribution in [0.2, 0.25) is 0 Å². The van der Waals surface area contributed by atoms with Crippen molar-refractivity contribution in [3.63, 3.8) is 0 Å². The lowest BCUT2D eigenvalue weighted by Gasteiger charge is -2.28. The molecule has 170 valence electrons. The second kappa shape index (κ2) is 9.70. The number of carbonyl (C=O) groups excluding carboxylic acids is 2. The smallest absolute Gasteiger partial charge is 0.338 e. The van der Waals surface area contributed by atoms with Crippen molar-refractivity contribution in [3.8, 4) is 16.9 Å². The maximum absolute atomic E-state index is 13.0. The fourth-order valence-corrected chi connectivity index (χ4v) is 3.74. The lowest BCUT2D eigenvalue weighted by molar-refractivity contribution is -0.140. The average molecular weight is 447 g/mol. The SMILES string of the molecule is COCCOC(=O)C1=C(C)NC(=O)N[C@@H]1c1cn(-c2ccccc2)nc1-c1ccc(C)cc1. The molecule has 1 aromatic heterocycles. The van der Waals surface area contributed by atoms with E-state index in [1.165, 1.54) is 7.11 Å². The maximum atomic E-state index is 13.0. The fraction of sp³-hybridized carbons (Fsp3) is 0.240. The van der Waals surface area contributed by atoms with Crippen molar-refractivity contribution in [2.45, 2.75) is 19.9 Å². The Kier molecular flexibility index (Phi) is 6.55. The Bertz CT molecular complexity index is 1180. The molecule has 0 unspecified atom stereocenters. The molecule has 3 aromatic rings. The molecule has 1 aliphatic heterocycles. The van der Waals surface area contributed by atoms with Gasteiger partial charge in [-0.1, -0.05) is 48.0 Å². The number of amides is 2. The molecule has 2 amide bonds. The molecular weight excluding hydrogens is 420 g/mol. The highest BCUT2D eigenvalue weighted by Crippen LogP contribution is 2.35. The van der Waals surface area contributed by atoms with Crippen LogP contribution in [0.25, 0.3) is 16.9 Å². The first-order valence-electron chi connectivity index (χ1n) is 10.6. The number of aromatic nitrogens is 2. The number of nitrogens with zero attached hydrogens (tertiary/aromatic N) is 2. The van der Waals surface area contributed by atoms with Gasteiger partial charge in [0.15, 0.2) is 0 Å². The summed E-state index contributed by atoms with van der Waals surface area (Å²) in [6.45, 7) is 4.09. The van der Waals surface area contributed by atoms with E-state index in [4.69, 9.17) is 14.6 Å². The first-order chi connectivity index (χ1) is 16.0. The van der Waals surface area contributed by atoms with Crippen LogP contribution >= 0.6 is 0 Å². The zero-order valence-corrected chi connectivity index (χ0v) is 18.8. The maximum Gasteiger partial charge on any atom is 0.338 e. The van der Waals surface area contributed by atoms with Crippen LogP contribution in [-0.4, -0.2) is 42.1 Å². The molecule has 0 fully saturated rings. The molecule has 0 spiro atoms. The predicted octanol–water partition coefficient (Wildman–Crippen LogP) is 3.67. The summed E-state index contributed by atoms with van der Waals surface area (Å²) in [7, 11) is 1.54. The Morgan fingerprint density at radius 1 is 1.06 bits per heavy atom. The summed E-state index contributed by atoms with van der Waals surface area (Å²) in [4.78, 5) is 25.4. The van der Waals surface area contributed by atoms with Crippen molar-refractivity contribution in [1.82, 2.24) is 20.4 Å². The highest BCUT2D eigenvalue weighted by Gasteiger charge is 2.35. The van der Waals surface area contributed by atoms with Crippen LogP contribution in [0.3, 0.4) is 0 Å². The number of carbonyl (C=O) groups is 2.